The van der Waals surface area contributed by atoms with Crippen LogP contribution in [-0.4, -0.2) is 34.9 Å². The van der Waals surface area contributed by atoms with Crippen molar-refractivity contribution in [3.05, 3.63) is 29.0 Å². The molecule has 2 rings (SSSR count). The molecule has 4 nitrogen and oxygen atoms in total. The van der Waals surface area contributed by atoms with Gasteiger partial charge in [-0.15, -0.1) is 0 Å². The molecular formula is C13H18ClN3O. The van der Waals surface area contributed by atoms with Gasteiger partial charge in [-0.3, -0.25) is 9.78 Å². The quantitative estimate of drug-likeness (QED) is 0.912. The number of hydrogen-bond donors (Lipinski definition) is 1. The SMILES string of the molecule is NCC[C@@H]1CCCCN1C(=O)c1ccncc1Cl. The fourth-order valence-corrected chi connectivity index (χ4v) is 2.66. The normalized spacial score (nSPS) is 19.9. The lowest BCUT2D eigenvalue weighted by atomic mass is 9.98. The first-order chi connectivity index (χ1) is 8.74. The lowest BCUT2D eigenvalue weighted by molar-refractivity contribution is 0.0605. The summed E-state index contributed by atoms with van der Waals surface area (Å²) in [4.78, 5) is 18.3. The topological polar surface area (TPSA) is 59.2 Å². The first-order valence-corrected chi connectivity index (χ1v) is 6.72. The van der Waals surface area contributed by atoms with E-state index in [0.29, 0.717) is 17.1 Å². The highest BCUT2D eigenvalue weighted by Gasteiger charge is 2.27. The van der Waals surface area contributed by atoms with Gasteiger partial charge in [0.05, 0.1) is 10.6 Å². The Morgan fingerprint density at radius 1 is 1.56 bits per heavy atom. The largest absolute Gasteiger partial charge is 0.336 e. The van der Waals surface area contributed by atoms with Crippen molar-refractivity contribution in [2.24, 2.45) is 5.73 Å². The Hall–Kier alpha value is -1.13. The van der Waals surface area contributed by atoms with Gasteiger partial charge in [0.15, 0.2) is 0 Å². The molecule has 1 fully saturated rings. The van der Waals surface area contributed by atoms with Crippen LogP contribution >= 0.6 is 11.6 Å². The van der Waals surface area contributed by atoms with Gasteiger partial charge in [0.25, 0.3) is 5.91 Å². The summed E-state index contributed by atoms with van der Waals surface area (Å²) in [5.41, 5.74) is 6.15. The van der Waals surface area contributed by atoms with Crippen LogP contribution in [0.25, 0.3) is 0 Å². The van der Waals surface area contributed by atoms with Crippen LogP contribution in [0.15, 0.2) is 18.5 Å². The van der Waals surface area contributed by atoms with Gasteiger partial charge in [0.2, 0.25) is 0 Å². The van der Waals surface area contributed by atoms with Gasteiger partial charge >= 0.3 is 0 Å². The number of rotatable bonds is 3. The van der Waals surface area contributed by atoms with E-state index >= 15 is 0 Å². The molecule has 0 aliphatic carbocycles. The van der Waals surface area contributed by atoms with Gasteiger partial charge in [-0.05, 0) is 38.3 Å². The van der Waals surface area contributed by atoms with Crippen LogP contribution < -0.4 is 5.73 Å². The number of carbonyl (C=O) groups is 1. The first kappa shape index (κ1) is 13.3. The number of likely N-dealkylation sites (tertiary alicyclic amines) is 1. The van der Waals surface area contributed by atoms with Crippen LogP contribution in [0.3, 0.4) is 0 Å². The molecule has 0 saturated carbocycles. The Bertz CT molecular complexity index is 422. The van der Waals surface area contributed by atoms with Crippen LogP contribution in [0, 0.1) is 0 Å². The van der Waals surface area contributed by atoms with Gasteiger partial charge in [-0.25, -0.2) is 0 Å². The number of aromatic nitrogens is 1. The zero-order valence-corrected chi connectivity index (χ0v) is 11.1. The lowest BCUT2D eigenvalue weighted by Crippen LogP contribution is -2.44. The molecule has 0 radical (unpaired) electrons. The van der Waals surface area contributed by atoms with Gasteiger partial charge in [-0.2, -0.15) is 0 Å². The number of carbonyl (C=O) groups excluding carboxylic acids is 1. The van der Waals surface area contributed by atoms with E-state index < -0.39 is 0 Å². The Morgan fingerprint density at radius 3 is 3.11 bits per heavy atom. The second-order valence-electron chi connectivity index (χ2n) is 4.58. The Morgan fingerprint density at radius 2 is 2.39 bits per heavy atom. The van der Waals surface area contributed by atoms with Crippen LogP contribution in [-0.2, 0) is 0 Å². The summed E-state index contributed by atoms with van der Waals surface area (Å²) in [6, 6.07) is 1.93. The Balaban J connectivity index is 2.18. The molecule has 1 saturated heterocycles. The highest BCUT2D eigenvalue weighted by Crippen LogP contribution is 2.24. The zero-order valence-electron chi connectivity index (χ0n) is 10.3. The van der Waals surface area contributed by atoms with Crippen molar-refractivity contribution in [1.29, 1.82) is 0 Å². The number of hydrogen-bond acceptors (Lipinski definition) is 3. The number of piperidine rings is 1. The maximum atomic E-state index is 12.5. The summed E-state index contributed by atoms with van der Waals surface area (Å²) in [5, 5.41) is 0.416. The summed E-state index contributed by atoms with van der Waals surface area (Å²) in [5.74, 6) is 0.000509. The second kappa shape index (κ2) is 6.16. The van der Waals surface area contributed by atoms with E-state index in [-0.39, 0.29) is 11.9 Å². The lowest BCUT2D eigenvalue weighted by Gasteiger charge is -2.35. The summed E-state index contributed by atoms with van der Waals surface area (Å²) >= 11 is 6.03. The molecule has 1 amide bonds. The molecule has 1 aliphatic rings. The molecule has 5 heteroatoms. The standard InChI is InChI=1S/C13H18ClN3O/c14-12-9-16-7-5-11(12)13(18)17-8-2-1-3-10(17)4-6-15/h5,7,9-10H,1-4,6,8,15H2/t10-/m0/s1. The molecule has 0 unspecified atom stereocenters. The monoisotopic (exact) mass is 267 g/mol. The van der Waals surface area contributed by atoms with Crippen LogP contribution in [0.1, 0.15) is 36.0 Å². The molecule has 1 atom stereocenters. The van der Waals surface area contributed by atoms with Gasteiger partial charge in [0.1, 0.15) is 0 Å². The van der Waals surface area contributed by atoms with E-state index in [1.54, 1.807) is 12.3 Å². The minimum absolute atomic E-state index is 0.000509. The predicted octanol–water partition coefficient (Wildman–Crippen LogP) is 2.08. The minimum Gasteiger partial charge on any atom is -0.336 e. The third-order valence-corrected chi connectivity index (χ3v) is 3.69. The van der Waals surface area contributed by atoms with Crippen molar-refractivity contribution in [2.45, 2.75) is 31.7 Å². The third kappa shape index (κ3) is 2.82. The number of halogens is 1. The van der Waals surface area contributed by atoms with Crippen LogP contribution in [0.4, 0.5) is 0 Å². The highest BCUT2D eigenvalue weighted by atomic mass is 35.5. The fraction of sp³-hybridized carbons (Fsp3) is 0.538. The molecule has 1 aliphatic heterocycles. The molecule has 0 aromatic carbocycles. The third-order valence-electron chi connectivity index (χ3n) is 3.39. The predicted molar refractivity (Wildman–Crippen MR) is 71.6 cm³/mol. The molecule has 98 valence electrons. The maximum absolute atomic E-state index is 12.5. The van der Waals surface area contributed by atoms with E-state index in [1.165, 1.54) is 12.6 Å². The van der Waals surface area contributed by atoms with Crippen molar-refractivity contribution in [3.8, 4) is 0 Å². The molecular weight excluding hydrogens is 250 g/mol. The first-order valence-electron chi connectivity index (χ1n) is 6.34. The smallest absolute Gasteiger partial charge is 0.255 e. The number of amides is 1. The molecule has 0 bridgehead atoms. The minimum atomic E-state index is 0.000509. The maximum Gasteiger partial charge on any atom is 0.255 e. The van der Waals surface area contributed by atoms with Crippen LogP contribution in [0.5, 0.6) is 0 Å². The summed E-state index contributed by atoms with van der Waals surface area (Å²) in [6.07, 6.45) is 7.21. The fourth-order valence-electron chi connectivity index (χ4n) is 2.46. The molecule has 2 N–H and O–H groups in total. The van der Waals surface area contributed by atoms with Crippen molar-refractivity contribution >= 4 is 17.5 Å². The van der Waals surface area contributed by atoms with Gasteiger partial charge in [0, 0.05) is 25.0 Å². The number of nitrogens with zero attached hydrogens (tertiary/aromatic N) is 2. The van der Waals surface area contributed by atoms with E-state index in [4.69, 9.17) is 17.3 Å². The van der Waals surface area contributed by atoms with E-state index in [1.807, 2.05) is 4.90 Å². The van der Waals surface area contributed by atoms with E-state index in [2.05, 4.69) is 4.98 Å². The van der Waals surface area contributed by atoms with E-state index in [9.17, 15) is 4.79 Å². The van der Waals surface area contributed by atoms with Crippen molar-refractivity contribution < 1.29 is 4.79 Å². The number of pyridine rings is 1. The van der Waals surface area contributed by atoms with Crippen molar-refractivity contribution in [1.82, 2.24) is 9.88 Å². The van der Waals surface area contributed by atoms with Gasteiger partial charge in [-0.1, -0.05) is 11.6 Å². The molecule has 2 heterocycles. The average molecular weight is 268 g/mol. The Kier molecular flexibility index (Phi) is 4.55. The van der Waals surface area contributed by atoms with Crippen LogP contribution in [0.2, 0.25) is 5.02 Å². The van der Waals surface area contributed by atoms with Crippen molar-refractivity contribution in [3.63, 3.8) is 0 Å². The van der Waals surface area contributed by atoms with E-state index in [0.717, 1.165) is 25.8 Å². The van der Waals surface area contributed by atoms with Crippen molar-refractivity contribution in [2.75, 3.05) is 13.1 Å². The molecule has 0 spiro atoms. The zero-order chi connectivity index (χ0) is 13.0. The summed E-state index contributed by atoms with van der Waals surface area (Å²) in [7, 11) is 0. The molecule has 18 heavy (non-hydrogen) atoms. The molecule has 1 aromatic heterocycles. The highest BCUT2D eigenvalue weighted by molar-refractivity contribution is 6.33. The Labute approximate surface area is 112 Å². The number of nitrogens with two attached hydrogens (primary N) is 1. The van der Waals surface area contributed by atoms with Gasteiger partial charge < -0.3 is 10.6 Å². The summed E-state index contributed by atoms with van der Waals surface area (Å²) in [6.45, 7) is 1.40. The second-order valence-corrected chi connectivity index (χ2v) is 4.99. The average Bonchev–Trinajstić information content (AvgIpc) is 2.40. The molecule has 1 aromatic rings. The summed E-state index contributed by atoms with van der Waals surface area (Å²) < 4.78 is 0.